The monoisotopic (exact) mass is 346 g/mol. The summed E-state index contributed by atoms with van der Waals surface area (Å²) in [6.45, 7) is 1.65. The van der Waals surface area contributed by atoms with Crippen LogP contribution in [0.1, 0.15) is 24.8 Å². The molecule has 1 aromatic carbocycles. The largest absolute Gasteiger partial charge is 0.497 e. The minimum atomic E-state index is -0.484. The van der Waals surface area contributed by atoms with E-state index in [0.717, 1.165) is 44.5 Å². The molecule has 1 amide bonds. The zero-order valence-corrected chi connectivity index (χ0v) is 14.4. The summed E-state index contributed by atoms with van der Waals surface area (Å²) in [5.41, 5.74) is 0.775. The molecule has 1 atom stereocenters. The van der Waals surface area contributed by atoms with Crippen LogP contribution in [0.25, 0.3) is 0 Å². The van der Waals surface area contributed by atoms with Gasteiger partial charge in [-0.15, -0.1) is 0 Å². The van der Waals surface area contributed by atoms with E-state index in [-0.39, 0.29) is 12.5 Å². The molecule has 0 bridgehead atoms. The molecule has 134 valence electrons. The molecule has 0 aliphatic carbocycles. The maximum atomic E-state index is 12.4. The molecule has 1 fully saturated rings. The second kappa shape index (κ2) is 8.00. The number of carbonyl (C=O) groups excluding carboxylic acids is 1. The van der Waals surface area contributed by atoms with E-state index in [9.17, 15) is 9.59 Å². The van der Waals surface area contributed by atoms with E-state index in [1.807, 2.05) is 17.0 Å². The molecule has 7 heteroatoms. The number of hydrogen-bond donors (Lipinski definition) is 1. The molecule has 25 heavy (non-hydrogen) atoms. The Kier molecular flexibility index (Phi) is 5.53. The molecular weight excluding hydrogens is 322 g/mol. The lowest BCUT2D eigenvalue weighted by molar-refractivity contribution is -0.751. The van der Waals surface area contributed by atoms with E-state index in [1.54, 1.807) is 7.11 Å². The molecular formula is C18H24N3O4+. The molecule has 1 N–H and O–H groups in total. The smallest absolute Gasteiger partial charge is 0.426 e. The zero-order valence-electron chi connectivity index (χ0n) is 14.4. The summed E-state index contributed by atoms with van der Waals surface area (Å²) in [4.78, 5) is 25.3. The Morgan fingerprint density at radius 3 is 3.12 bits per heavy atom. The van der Waals surface area contributed by atoms with Gasteiger partial charge in [0.25, 0.3) is 18.6 Å². The van der Waals surface area contributed by atoms with Crippen LogP contribution in [-0.4, -0.2) is 36.3 Å². The van der Waals surface area contributed by atoms with E-state index in [4.69, 9.17) is 4.74 Å². The number of nitrogens with zero attached hydrogens (tertiary/aromatic N) is 2. The molecule has 7 nitrogen and oxygen atoms in total. The van der Waals surface area contributed by atoms with Crippen molar-refractivity contribution >= 4 is 5.91 Å². The first-order chi connectivity index (χ1) is 12.1. The Hall–Kier alpha value is -2.57. The lowest BCUT2D eigenvalue weighted by Crippen LogP contribution is -2.48. The van der Waals surface area contributed by atoms with Gasteiger partial charge < -0.3 is 9.64 Å². The summed E-state index contributed by atoms with van der Waals surface area (Å²) in [5.74, 6) is 1.38. The van der Waals surface area contributed by atoms with Gasteiger partial charge in [0.15, 0.2) is 0 Å². The molecule has 1 aliphatic rings. The highest BCUT2D eigenvalue weighted by atomic mass is 16.5. The summed E-state index contributed by atoms with van der Waals surface area (Å²) in [7, 11) is 1.68. The number of benzene rings is 1. The van der Waals surface area contributed by atoms with Crippen LogP contribution < -0.4 is 15.0 Å². The van der Waals surface area contributed by atoms with Crippen molar-refractivity contribution in [3.8, 4) is 5.75 Å². The van der Waals surface area contributed by atoms with Crippen LogP contribution in [-0.2, 0) is 17.8 Å². The van der Waals surface area contributed by atoms with Crippen LogP contribution in [0.5, 0.6) is 5.75 Å². The van der Waals surface area contributed by atoms with E-state index in [1.165, 1.54) is 16.4 Å². The van der Waals surface area contributed by atoms with Gasteiger partial charge in [0.2, 0.25) is 0 Å². The number of aromatic amines is 1. The van der Waals surface area contributed by atoms with Gasteiger partial charge >= 0.3 is 5.63 Å². The van der Waals surface area contributed by atoms with E-state index < -0.39 is 5.63 Å². The van der Waals surface area contributed by atoms with Crippen LogP contribution >= 0.6 is 0 Å². The van der Waals surface area contributed by atoms with Gasteiger partial charge in [-0.25, -0.2) is 4.79 Å². The fourth-order valence-electron chi connectivity index (χ4n) is 3.33. The fourth-order valence-corrected chi connectivity index (χ4v) is 3.33. The quantitative estimate of drug-likeness (QED) is 0.796. The number of aryl methyl sites for hydroxylation is 1. The lowest BCUT2D eigenvalue weighted by Gasteiger charge is -2.32. The van der Waals surface area contributed by atoms with Gasteiger partial charge in [-0.1, -0.05) is 16.8 Å². The van der Waals surface area contributed by atoms with Crippen LogP contribution in [0.3, 0.4) is 0 Å². The third-order valence-corrected chi connectivity index (χ3v) is 4.68. The van der Waals surface area contributed by atoms with Gasteiger partial charge in [-0.2, -0.15) is 0 Å². The minimum Gasteiger partial charge on any atom is -0.497 e. The standard InChI is InChI=1S/C18H23N3O4/c1-24-16-6-2-4-14(10-16)7-8-15-5-3-9-20(11-15)17(22)12-21-13-18(23)25-19-21/h2,4,6,10,13,15H,3,5,7-9,11-12H2,1H3/p+1/t15-/m0/s1. The van der Waals surface area contributed by atoms with Crippen LogP contribution in [0, 0.1) is 5.92 Å². The Labute approximate surface area is 146 Å². The maximum Gasteiger partial charge on any atom is 0.426 e. The topological polar surface area (TPSA) is 79.4 Å². The van der Waals surface area contributed by atoms with Crippen LogP contribution in [0.15, 0.2) is 39.8 Å². The number of carbonyl (C=O) groups is 1. The first-order valence-electron chi connectivity index (χ1n) is 8.62. The average Bonchev–Trinajstić information content (AvgIpc) is 3.05. The van der Waals surface area contributed by atoms with Crippen molar-refractivity contribution in [2.24, 2.45) is 5.92 Å². The minimum absolute atomic E-state index is 0.00753. The van der Waals surface area contributed by atoms with Crippen molar-refractivity contribution in [3.05, 3.63) is 46.4 Å². The summed E-state index contributed by atoms with van der Waals surface area (Å²) < 4.78 is 11.2. The number of rotatable bonds is 6. The molecule has 1 aliphatic heterocycles. The third kappa shape index (κ3) is 4.71. The first kappa shape index (κ1) is 17.3. The maximum absolute atomic E-state index is 12.4. The summed E-state index contributed by atoms with van der Waals surface area (Å²) in [6, 6.07) is 8.13. The van der Waals surface area contributed by atoms with Crippen molar-refractivity contribution in [2.45, 2.75) is 32.2 Å². The molecule has 1 aromatic heterocycles. The highest BCUT2D eigenvalue weighted by Crippen LogP contribution is 2.23. The predicted octanol–water partition coefficient (Wildman–Crippen LogP) is 1.14. The average molecular weight is 346 g/mol. The van der Waals surface area contributed by atoms with E-state index in [2.05, 4.69) is 21.9 Å². The van der Waals surface area contributed by atoms with Crippen molar-refractivity contribution in [3.63, 3.8) is 0 Å². The fraction of sp³-hybridized carbons (Fsp3) is 0.500. The number of amides is 1. The molecule has 1 saturated heterocycles. The number of nitrogens with one attached hydrogen (secondary N) is 1. The van der Waals surface area contributed by atoms with Crippen LogP contribution in [0.4, 0.5) is 0 Å². The zero-order chi connectivity index (χ0) is 17.6. The van der Waals surface area contributed by atoms with Gasteiger partial charge in [0, 0.05) is 13.1 Å². The number of likely N-dealkylation sites (tertiary alicyclic amines) is 1. The van der Waals surface area contributed by atoms with E-state index in [0.29, 0.717) is 5.92 Å². The summed E-state index contributed by atoms with van der Waals surface area (Å²) in [6.07, 6.45) is 5.44. The van der Waals surface area contributed by atoms with Gasteiger partial charge in [-0.3, -0.25) is 9.32 Å². The molecule has 0 spiro atoms. The Morgan fingerprint density at radius 2 is 2.36 bits per heavy atom. The molecule has 3 rings (SSSR count). The highest BCUT2D eigenvalue weighted by molar-refractivity contribution is 5.74. The number of H-pyrrole nitrogens is 1. The predicted molar refractivity (Wildman–Crippen MR) is 90.1 cm³/mol. The van der Waals surface area contributed by atoms with Crippen molar-refractivity contribution in [1.82, 2.24) is 10.2 Å². The Balaban J connectivity index is 1.51. The Morgan fingerprint density at radius 1 is 1.48 bits per heavy atom. The summed E-state index contributed by atoms with van der Waals surface area (Å²) >= 11 is 0. The summed E-state index contributed by atoms with van der Waals surface area (Å²) in [5, 5.41) is 2.41. The third-order valence-electron chi connectivity index (χ3n) is 4.68. The SMILES string of the molecule is COc1cccc(CC[C@@H]2CCCN(C(=O)C[n+]3cc(=O)o[nH]3)C2)c1. The van der Waals surface area contributed by atoms with Crippen molar-refractivity contribution in [1.29, 1.82) is 0 Å². The van der Waals surface area contributed by atoms with Crippen LogP contribution in [0.2, 0.25) is 0 Å². The Bertz CT molecular complexity index is 767. The number of aromatic nitrogens is 2. The number of hydrogen-bond acceptors (Lipinski definition) is 4. The number of methoxy groups -OCH3 is 1. The van der Waals surface area contributed by atoms with E-state index >= 15 is 0 Å². The number of piperidine rings is 1. The first-order valence-corrected chi connectivity index (χ1v) is 8.62. The van der Waals surface area contributed by atoms with Crippen molar-refractivity contribution < 1.29 is 18.7 Å². The van der Waals surface area contributed by atoms with Gasteiger partial charge in [0.1, 0.15) is 5.75 Å². The molecule has 0 radical (unpaired) electrons. The normalized spacial score (nSPS) is 17.5. The second-order valence-electron chi connectivity index (χ2n) is 6.51. The van der Waals surface area contributed by atoms with Gasteiger partial charge in [-0.05, 0) is 54.6 Å². The lowest BCUT2D eigenvalue weighted by atomic mass is 9.91. The molecule has 0 saturated carbocycles. The van der Waals surface area contributed by atoms with Gasteiger partial charge in [0.05, 0.1) is 7.11 Å². The molecule has 2 heterocycles. The highest BCUT2D eigenvalue weighted by Gasteiger charge is 2.26. The number of ether oxygens (including phenoxy) is 1. The molecule has 2 aromatic rings. The second-order valence-corrected chi connectivity index (χ2v) is 6.51. The van der Waals surface area contributed by atoms with Crippen molar-refractivity contribution in [2.75, 3.05) is 20.2 Å². The molecule has 0 unspecified atom stereocenters.